The molecule has 3 N–H and O–H groups in total. The smallest absolute Gasteiger partial charge is 0.235 e. The minimum absolute atomic E-state index is 0.0967. The summed E-state index contributed by atoms with van der Waals surface area (Å²) in [4.78, 5) is 23.6. The number of nitrogens with one attached hydrogen (secondary N) is 3. The fourth-order valence-corrected chi connectivity index (χ4v) is 2.22. The van der Waals surface area contributed by atoms with Crippen LogP contribution in [-0.4, -0.2) is 38.0 Å². The molecule has 2 aliphatic rings. The Morgan fingerprint density at radius 1 is 1.31 bits per heavy atom. The van der Waals surface area contributed by atoms with E-state index in [4.69, 9.17) is 0 Å². The second kappa shape index (κ2) is 4.41. The van der Waals surface area contributed by atoms with Crippen molar-refractivity contribution in [2.24, 2.45) is 5.41 Å². The zero-order chi connectivity index (χ0) is 11.6. The van der Waals surface area contributed by atoms with Crippen molar-refractivity contribution in [1.29, 1.82) is 0 Å². The van der Waals surface area contributed by atoms with Crippen LogP contribution in [0.25, 0.3) is 0 Å². The maximum Gasteiger partial charge on any atom is 0.235 e. The van der Waals surface area contributed by atoms with Gasteiger partial charge in [-0.05, 0) is 32.2 Å². The summed E-state index contributed by atoms with van der Waals surface area (Å²) in [7, 11) is 1.58. The van der Waals surface area contributed by atoms with Crippen LogP contribution in [0.5, 0.6) is 0 Å². The SMILES string of the molecule is CNC(=O)C1(C(=O)N[C@H]2CCCNC2)CC1. The second-order valence-electron chi connectivity index (χ2n) is 4.68. The maximum atomic E-state index is 12.0. The lowest BCUT2D eigenvalue weighted by atomic mass is 10.0. The molecule has 2 rings (SSSR count). The molecule has 90 valence electrons. The summed E-state index contributed by atoms with van der Waals surface area (Å²) in [6, 6.07) is 0.184. The van der Waals surface area contributed by atoms with Gasteiger partial charge in [-0.25, -0.2) is 0 Å². The van der Waals surface area contributed by atoms with Crippen LogP contribution in [-0.2, 0) is 9.59 Å². The van der Waals surface area contributed by atoms with E-state index in [1.54, 1.807) is 7.05 Å². The second-order valence-corrected chi connectivity index (χ2v) is 4.68. The molecule has 0 unspecified atom stereocenters. The quantitative estimate of drug-likeness (QED) is 0.561. The van der Waals surface area contributed by atoms with Gasteiger partial charge < -0.3 is 16.0 Å². The lowest BCUT2D eigenvalue weighted by molar-refractivity contribution is -0.137. The fourth-order valence-electron chi connectivity index (χ4n) is 2.22. The van der Waals surface area contributed by atoms with Crippen molar-refractivity contribution in [3.8, 4) is 0 Å². The molecule has 16 heavy (non-hydrogen) atoms. The molecule has 0 aromatic heterocycles. The Kier molecular flexibility index (Phi) is 3.14. The van der Waals surface area contributed by atoms with Crippen LogP contribution in [0.1, 0.15) is 25.7 Å². The molecule has 0 radical (unpaired) electrons. The van der Waals surface area contributed by atoms with Gasteiger partial charge in [0.2, 0.25) is 11.8 Å². The minimum atomic E-state index is -0.758. The average molecular weight is 225 g/mol. The van der Waals surface area contributed by atoms with E-state index in [-0.39, 0.29) is 17.9 Å². The van der Waals surface area contributed by atoms with Crippen molar-refractivity contribution in [2.45, 2.75) is 31.7 Å². The predicted octanol–water partition coefficient (Wildman–Crippen LogP) is -0.619. The highest BCUT2D eigenvalue weighted by Gasteiger charge is 2.56. The van der Waals surface area contributed by atoms with Crippen LogP contribution in [0.4, 0.5) is 0 Å². The average Bonchev–Trinajstić information content (AvgIpc) is 3.10. The zero-order valence-corrected chi connectivity index (χ0v) is 9.64. The van der Waals surface area contributed by atoms with Crippen molar-refractivity contribution < 1.29 is 9.59 Å². The van der Waals surface area contributed by atoms with Gasteiger partial charge in [-0.2, -0.15) is 0 Å². The Labute approximate surface area is 95.3 Å². The highest BCUT2D eigenvalue weighted by Crippen LogP contribution is 2.46. The summed E-state index contributed by atoms with van der Waals surface area (Å²) in [6.45, 7) is 1.84. The number of hydrogen-bond acceptors (Lipinski definition) is 3. The normalized spacial score (nSPS) is 26.9. The first-order valence-electron chi connectivity index (χ1n) is 5.93. The maximum absolute atomic E-state index is 12.0. The van der Waals surface area contributed by atoms with Gasteiger partial charge in [-0.15, -0.1) is 0 Å². The van der Waals surface area contributed by atoms with E-state index >= 15 is 0 Å². The monoisotopic (exact) mass is 225 g/mol. The van der Waals surface area contributed by atoms with Crippen molar-refractivity contribution in [3.05, 3.63) is 0 Å². The number of rotatable bonds is 3. The lowest BCUT2D eigenvalue weighted by Gasteiger charge is -2.25. The highest BCUT2D eigenvalue weighted by molar-refractivity contribution is 6.07. The molecule has 0 aromatic rings. The van der Waals surface area contributed by atoms with E-state index in [0.717, 1.165) is 25.9 Å². The van der Waals surface area contributed by atoms with Crippen LogP contribution in [0, 0.1) is 5.41 Å². The molecule has 0 bridgehead atoms. The zero-order valence-electron chi connectivity index (χ0n) is 9.64. The molecular formula is C11H19N3O2. The molecule has 1 aliphatic carbocycles. The van der Waals surface area contributed by atoms with Gasteiger partial charge in [0.15, 0.2) is 0 Å². The molecule has 1 saturated heterocycles. The standard InChI is InChI=1S/C11H19N3O2/c1-12-9(15)11(4-5-11)10(16)14-8-3-2-6-13-7-8/h8,13H,2-7H2,1H3,(H,12,15)(H,14,16)/t8-/m0/s1. The van der Waals surface area contributed by atoms with E-state index in [9.17, 15) is 9.59 Å². The van der Waals surface area contributed by atoms with Crippen LogP contribution < -0.4 is 16.0 Å². The molecule has 2 amide bonds. The Balaban J connectivity index is 1.90. The molecule has 5 heteroatoms. The third kappa shape index (κ3) is 2.04. The van der Waals surface area contributed by atoms with Crippen LogP contribution in [0.3, 0.4) is 0 Å². The van der Waals surface area contributed by atoms with Gasteiger partial charge in [-0.1, -0.05) is 0 Å². The first kappa shape index (κ1) is 11.4. The third-order valence-electron chi connectivity index (χ3n) is 3.48. The topological polar surface area (TPSA) is 70.2 Å². The van der Waals surface area contributed by atoms with E-state index < -0.39 is 5.41 Å². The summed E-state index contributed by atoms with van der Waals surface area (Å²) in [5.41, 5.74) is -0.758. The molecule has 1 heterocycles. The minimum Gasteiger partial charge on any atom is -0.358 e. The fraction of sp³-hybridized carbons (Fsp3) is 0.818. The van der Waals surface area contributed by atoms with Gasteiger partial charge in [0.25, 0.3) is 0 Å². The first-order valence-corrected chi connectivity index (χ1v) is 5.93. The van der Waals surface area contributed by atoms with Crippen molar-refractivity contribution in [3.63, 3.8) is 0 Å². The van der Waals surface area contributed by atoms with Crippen molar-refractivity contribution >= 4 is 11.8 Å². The number of hydrogen-bond donors (Lipinski definition) is 3. The Morgan fingerprint density at radius 3 is 2.56 bits per heavy atom. The molecule has 1 saturated carbocycles. The van der Waals surface area contributed by atoms with Crippen LogP contribution in [0.15, 0.2) is 0 Å². The molecule has 1 atom stereocenters. The highest BCUT2D eigenvalue weighted by atomic mass is 16.2. The van der Waals surface area contributed by atoms with Crippen LogP contribution >= 0.6 is 0 Å². The number of piperidine rings is 1. The van der Waals surface area contributed by atoms with Gasteiger partial charge in [-0.3, -0.25) is 9.59 Å². The summed E-state index contributed by atoms with van der Waals surface area (Å²) >= 11 is 0. The predicted molar refractivity (Wildman–Crippen MR) is 59.8 cm³/mol. The van der Waals surface area contributed by atoms with Crippen LogP contribution in [0.2, 0.25) is 0 Å². The first-order chi connectivity index (χ1) is 7.69. The Morgan fingerprint density at radius 2 is 2.06 bits per heavy atom. The molecule has 0 spiro atoms. The summed E-state index contributed by atoms with van der Waals surface area (Å²) in [6.07, 6.45) is 3.44. The van der Waals surface area contributed by atoms with E-state index in [1.165, 1.54) is 0 Å². The van der Waals surface area contributed by atoms with Crippen molar-refractivity contribution in [2.75, 3.05) is 20.1 Å². The summed E-state index contributed by atoms with van der Waals surface area (Å²) in [5.74, 6) is -0.241. The van der Waals surface area contributed by atoms with Gasteiger partial charge in [0.1, 0.15) is 5.41 Å². The third-order valence-corrected chi connectivity index (χ3v) is 3.48. The Hall–Kier alpha value is -1.10. The number of carbonyl (C=O) groups excluding carboxylic acids is 2. The molecule has 2 fully saturated rings. The molecule has 1 aliphatic heterocycles. The number of amides is 2. The molecular weight excluding hydrogens is 206 g/mol. The summed E-state index contributed by atoms with van der Waals surface area (Å²) in [5, 5.41) is 8.79. The van der Waals surface area contributed by atoms with Gasteiger partial charge in [0.05, 0.1) is 0 Å². The van der Waals surface area contributed by atoms with E-state index in [1.807, 2.05) is 0 Å². The van der Waals surface area contributed by atoms with Gasteiger partial charge in [0, 0.05) is 19.6 Å². The Bertz CT molecular complexity index is 294. The van der Waals surface area contributed by atoms with Gasteiger partial charge >= 0.3 is 0 Å². The van der Waals surface area contributed by atoms with E-state index in [2.05, 4.69) is 16.0 Å². The largest absolute Gasteiger partial charge is 0.358 e. The molecule has 0 aromatic carbocycles. The lowest BCUT2D eigenvalue weighted by Crippen LogP contribution is -2.50. The number of carbonyl (C=O) groups is 2. The van der Waals surface area contributed by atoms with E-state index in [0.29, 0.717) is 12.8 Å². The molecule has 5 nitrogen and oxygen atoms in total. The summed E-state index contributed by atoms with van der Waals surface area (Å²) < 4.78 is 0. The van der Waals surface area contributed by atoms with Crippen molar-refractivity contribution in [1.82, 2.24) is 16.0 Å².